The summed E-state index contributed by atoms with van der Waals surface area (Å²) in [5.74, 6) is 0.00838. The zero-order valence-electron chi connectivity index (χ0n) is 8.05. The monoisotopic (exact) mass is 186 g/mol. The molecule has 13 heavy (non-hydrogen) atoms. The van der Waals surface area contributed by atoms with Crippen molar-refractivity contribution in [2.75, 3.05) is 13.1 Å². The lowest BCUT2D eigenvalue weighted by atomic mass is 10.3. The van der Waals surface area contributed by atoms with Crippen molar-refractivity contribution in [1.29, 1.82) is 0 Å². The molecule has 1 atom stereocenters. The SMILES string of the molecule is C[C@H](O)CNC(=O)CCNC1CC1. The predicted octanol–water partition coefficient (Wildman–Crippen LogP) is -0.374. The lowest BCUT2D eigenvalue weighted by Crippen LogP contribution is -2.33. The standard InChI is InChI=1S/C9H18N2O2/c1-7(12)6-11-9(13)4-5-10-8-2-3-8/h7-8,10,12H,2-6H2,1H3,(H,11,13)/t7-/m0/s1. The zero-order chi connectivity index (χ0) is 9.68. The molecule has 0 saturated heterocycles. The van der Waals surface area contributed by atoms with Gasteiger partial charge in [-0.2, -0.15) is 0 Å². The Morgan fingerprint density at radius 2 is 2.31 bits per heavy atom. The van der Waals surface area contributed by atoms with Crippen molar-refractivity contribution in [3.05, 3.63) is 0 Å². The number of amides is 1. The molecule has 1 fully saturated rings. The third-order valence-electron chi connectivity index (χ3n) is 1.96. The van der Waals surface area contributed by atoms with Crippen LogP contribution in [-0.4, -0.2) is 36.2 Å². The topological polar surface area (TPSA) is 61.4 Å². The molecule has 0 heterocycles. The van der Waals surface area contributed by atoms with Crippen LogP contribution in [0.5, 0.6) is 0 Å². The second kappa shape index (κ2) is 5.19. The van der Waals surface area contributed by atoms with E-state index < -0.39 is 6.10 Å². The second-order valence-corrected chi connectivity index (χ2v) is 3.63. The van der Waals surface area contributed by atoms with Gasteiger partial charge in [-0.15, -0.1) is 0 Å². The van der Waals surface area contributed by atoms with Crippen LogP contribution >= 0.6 is 0 Å². The summed E-state index contributed by atoms with van der Waals surface area (Å²) in [6, 6.07) is 0.657. The molecule has 3 N–H and O–H groups in total. The van der Waals surface area contributed by atoms with Gasteiger partial charge in [0, 0.05) is 25.6 Å². The Bertz CT molecular complexity index is 167. The van der Waals surface area contributed by atoms with Gasteiger partial charge in [-0.3, -0.25) is 4.79 Å². The summed E-state index contributed by atoms with van der Waals surface area (Å²) in [6.07, 6.45) is 2.54. The van der Waals surface area contributed by atoms with Crippen LogP contribution < -0.4 is 10.6 Å². The molecule has 0 unspecified atom stereocenters. The number of nitrogens with one attached hydrogen (secondary N) is 2. The molecule has 1 rings (SSSR count). The summed E-state index contributed by atoms with van der Waals surface area (Å²) < 4.78 is 0. The molecule has 1 amide bonds. The van der Waals surface area contributed by atoms with Crippen molar-refractivity contribution in [2.45, 2.75) is 38.3 Å². The molecule has 1 aliphatic carbocycles. The Kier molecular flexibility index (Phi) is 4.18. The molecule has 4 heteroatoms. The highest BCUT2D eigenvalue weighted by Gasteiger charge is 2.19. The molecule has 1 aliphatic rings. The first-order valence-electron chi connectivity index (χ1n) is 4.86. The van der Waals surface area contributed by atoms with E-state index in [-0.39, 0.29) is 5.91 Å². The summed E-state index contributed by atoms with van der Waals surface area (Å²) in [4.78, 5) is 11.1. The molecule has 0 aliphatic heterocycles. The lowest BCUT2D eigenvalue weighted by Gasteiger charge is -2.07. The Hall–Kier alpha value is -0.610. The second-order valence-electron chi connectivity index (χ2n) is 3.63. The molecule has 0 aromatic heterocycles. The highest BCUT2D eigenvalue weighted by atomic mass is 16.3. The quantitative estimate of drug-likeness (QED) is 0.530. The molecular weight excluding hydrogens is 168 g/mol. The van der Waals surface area contributed by atoms with E-state index in [1.54, 1.807) is 6.92 Å². The van der Waals surface area contributed by atoms with Crippen molar-refractivity contribution in [1.82, 2.24) is 10.6 Å². The molecular formula is C9H18N2O2. The van der Waals surface area contributed by atoms with E-state index in [0.29, 0.717) is 19.0 Å². The minimum absolute atomic E-state index is 0.00838. The smallest absolute Gasteiger partial charge is 0.221 e. The first-order valence-corrected chi connectivity index (χ1v) is 4.86. The molecule has 0 bridgehead atoms. The van der Waals surface area contributed by atoms with Crippen LogP contribution in [0.1, 0.15) is 26.2 Å². The van der Waals surface area contributed by atoms with E-state index in [0.717, 1.165) is 6.54 Å². The van der Waals surface area contributed by atoms with Gasteiger partial charge in [-0.05, 0) is 19.8 Å². The number of aliphatic hydroxyl groups is 1. The highest BCUT2D eigenvalue weighted by Crippen LogP contribution is 2.18. The van der Waals surface area contributed by atoms with Crippen LogP contribution in [0.15, 0.2) is 0 Å². The summed E-state index contributed by atoms with van der Waals surface area (Å²) in [5, 5.41) is 14.8. The van der Waals surface area contributed by atoms with Gasteiger partial charge in [0.25, 0.3) is 0 Å². The third-order valence-corrected chi connectivity index (χ3v) is 1.96. The Morgan fingerprint density at radius 3 is 2.85 bits per heavy atom. The Morgan fingerprint density at radius 1 is 1.62 bits per heavy atom. The number of aliphatic hydroxyl groups excluding tert-OH is 1. The molecule has 76 valence electrons. The van der Waals surface area contributed by atoms with Crippen LogP contribution in [0.2, 0.25) is 0 Å². The fourth-order valence-corrected chi connectivity index (χ4v) is 1.03. The molecule has 1 saturated carbocycles. The van der Waals surface area contributed by atoms with Gasteiger partial charge in [0.2, 0.25) is 5.91 Å². The Balaban J connectivity index is 1.90. The van der Waals surface area contributed by atoms with Crippen molar-refractivity contribution >= 4 is 5.91 Å². The van der Waals surface area contributed by atoms with Crippen LogP contribution in [0.4, 0.5) is 0 Å². The van der Waals surface area contributed by atoms with Gasteiger partial charge in [0.15, 0.2) is 0 Å². The number of hydrogen-bond donors (Lipinski definition) is 3. The maximum Gasteiger partial charge on any atom is 0.221 e. The van der Waals surface area contributed by atoms with Crippen molar-refractivity contribution in [2.24, 2.45) is 0 Å². The largest absolute Gasteiger partial charge is 0.392 e. The Labute approximate surface area is 78.7 Å². The summed E-state index contributed by atoms with van der Waals surface area (Å²) in [5.41, 5.74) is 0. The molecule has 0 radical (unpaired) electrons. The minimum Gasteiger partial charge on any atom is -0.392 e. The van der Waals surface area contributed by atoms with Gasteiger partial charge in [0.05, 0.1) is 6.10 Å². The first kappa shape index (κ1) is 10.5. The molecule has 0 aromatic carbocycles. The fraction of sp³-hybridized carbons (Fsp3) is 0.889. The summed E-state index contributed by atoms with van der Waals surface area (Å²) in [6.45, 7) is 2.75. The minimum atomic E-state index is -0.458. The molecule has 0 spiro atoms. The van der Waals surface area contributed by atoms with Crippen molar-refractivity contribution in [3.63, 3.8) is 0 Å². The van der Waals surface area contributed by atoms with Crippen LogP contribution in [0.3, 0.4) is 0 Å². The fourth-order valence-electron chi connectivity index (χ4n) is 1.03. The lowest BCUT2D eigenvalue weighted by molar-refractivity contribution is -0.121. The maximum atomic E-state index is 11.1. The van der Waals surface area contributed by atoms with Gasteiger partial charge < -0.3 is 15.7 Å². The van der Waals surface area contributed by atoms with E-state index in [1.165, 1.54) is 12.8 Å². The van der Waals surface area contributed by atoms with Gasteiger partial charge in [-0.25, -0.2) is 0 Å². The van der Waals surface area contributed by atoms with E-state index in [2.05, 4.69) is 10.6 Å². The third kappa shape index (κ3) is 5.60. The molecule has 4 nitrogen and oxygen atoms in total. The van der Waals surface area contributed by atoms with Gasteiger partial charge >= 0.3 is 0 Å². The average molecular weight is 186 g/mol. The molecule has 0 aromatic rings. The number of carbonyl (C=O) groups excluding carboxylic acids is 1. The summed E-state index contributed by atoms with van der Waals surface area (Å²) >= 11 is 0. The number of carbonyl (C=O) groups is 1. The zero-order valence-corrected chi connectivity index (χ0v) is 8.05. The predicted molar refractivity (Wildman–Crippen MR) is 50.3 cm³/mol. The van der Waals surface area contributed by atoms with E-state index in [4.69, 9.17) is 5.11 Å². The van der Waals surface area contributed by atoms with E-state index in [1.807, 2.05) is 0 Å². The van der Waals surface area contributed by atoms with Crippen LogP contribution in [0.25, 0.3) is 0 Å². The highest BCUT2D eigenvalue weighted by molar-refractivity contribution is 5.76. The van der Waals surface area contributed by atoms with Crippen LogP contribution in [0, 0.1) is 0 Å². The van der Waals surface area contributed by atoms with Crippen molar-refractivity contribution < 1.29 is 9.90 Å². The van der Waals surface area contributed by atoms with Gasteiger partial charge in [0.1, 0.15) is 0 Å². The van der Waals surface area contributed by atoms with E-state index in [9.17, 15) is 4.79 Å². The maximum absolute atomic E-state index is 11.1. The number of rotatable bonds is 6. The van der Waals surface area contributed by atoms with Gasteiger partial charge in [-0.1, -0.05) is 0 Å². The normalized spacial score (nSPS) is 18.3. The van der Waals surface area contributed by atoms with E-state index >= 15 is 0 Å². The van der Waals surface area contributed by atoms with Crippen LogP contribution in [-0.2, 0) is 4.79 Å². The van der Waals surface area contributed by atoms with Crippen molar-refractivity contribution in [3.8, 4) is 0 Å². The summed E-state index contributed by atoms with van der Waals surface area (Å²) in [7, 11) is 0. The average Bonchev–Trinajstić information content (AvgIpc) is 2.84. The first-order chi connectivity index (χ1) is 6.18. The number of hydrogen-bond acceptors (Lipinski definition) is 3.